The number of hydrogen-bond acceptors (Lipinski definition) is 6. The summed E-state index contributed by atoms with van der Waals surface area (Å²) in [6.07, 6.45) is 7.29. The highest BCUT2D eigenvalue weighted by atomic mass is 32.2. The summed E-state index contributed by atoms with van der Waals surface area (Å²) >= 11 is 1.69. The number of imidazole rings is 1. The fourth-order valence-corrected chi connectivity index (χ4v) is 3.39. The third kappa shape index (κ3) is 3.32. The molecule has 4 rings (SSSR count). The number of para-hydroxylation sites is 1. The van der Waals surface area contributed by atoms with Crippen LogP contribution in [0.2, 0.25) is 0 Å². The minimum Gasteiger partial charge on any atom is -0.465 e. The Labute approximate surface area is 166 Å². The molecule has 0 aliphatic carbocycles. The Morgan fingerprint density at radius 2 is 1.93 bits per heavy atom. The van der Waals surface area contributed by atoms with Crippen molar-refractivity contribution in [2.24, 2.45) is 0 Å². The second kappa shape index (κ2) is 7.74. The van der Waals surface area contributed by atoms with Crippen LogP contribution in [-0.4, -0.2) is 33.7 Å². The molecule has 7 heteroatoms. The number of nitrogens with zero attached hydrogens (tertiary/aromatic N) is 3. The SMILES string of the molecule is COC(=O)c1ccccc1Nc1c(-c2ccc(SC)cc2)nc2cnccn12. The molecule has 1 N–H and O–H groups in total. The van der Waals surface area contributed by atoms with Crippen LogP contribution >= 0.6 is 11.8 Å². The number of nitrogens with one attached hydrogen (secondary N) is 1. The largest absolute Gasteiger partial charge is 0.465 e. The highest BCUT2D eigenvalue weighted by Crippen LogP contribution is 2.33. The van der Waals surface area contributed by atoms with E-state index in [1.54, 1.807) is 36.3 Å². The molecule has 0 aliphatic heterocycles. The molecule has 2 aromatic heterocycles. The van der Waals surface area contributed by atoms with Gasteiger partial charge in [-0.3, -0.25) is 9.38 Å². The molecular weight excluding hydrogens is 372 g/mol. The second-order valence-corrected chi connectivity index (χ2v) is 6.88. The van der Waals surface area contributed by atoms with Crippen LogP contribution < -0.4 is 5.32 Å². The molecule has 28 heavy (non-hydrogen) atoms. The minimum absolute atomic E-state index is 0.399. The lowest BCUT2D eigenvalue weighted by molar-refractivity contribution is 0.0602. The third-order valence-electron chi connectivity index (χ3n) is 4.38. The molecular formula is C21H18N4O2S. The summed E-state index contributed by atoms with van der Waals surface area (Å²) in [5.41, 5.74) is 3.57. The summed E-state index contributed by atoms with van der Waals surface area (Å²) in [5, 5.41) is 3.37. The van der Waals surface area contributed by atoms with Crippen molar-refractivity contribution in [2.75, 3.05) is 18.7 Å². The van der Waals surface area contributed by atoms with Gasteiger partial charge < -0.3 is 10.1 Å². The van der Waals surface area contributed by atoms with Gasteiger partial charge in [-0.05, 0) is 30.5 Å². The van der Waals surface area contributed by atoms with Gasteiger partial charge in [-0.1, -0.05) is 24.3 Å². The van der Waals surface area contributed by atoms with Gasteiger partial charge in [-0.25, -0.2) is 9.78 Å². The van der Waals surface area contributed by atoms with Crippen molar-refractivity contribution in [3.8, 4) is 11.3 Å². The fourth-order valence-electron chi connectivity index (χ4n) is 2.98. The number of aromatic nitrogens is 3. The molecule has 0 unspecified atom stereocenters. The first kappa shape index (κ1) is 18.1. The molecule has 140 valence electrons. The van der Waals surface area contributed by atoms with Crippen LogP contribution in [0.25, 0.3) is 16.9 Å². The predicted molar refractivity (Wildman–Crippen MR) is 111 cm³/mol. The number of ether oxygens (including phenoxy) is 1. The molecule has 4 aromatic rings. The molecule has 0 radical (unpaired) electrons. The average Bonchev–Trinajstić information content (AvgIpc) is 3.12. The number of esters is 1. The van der Waals surface area contributed by atoms with Gasteiger partial charge >= 0.3 is 5.97 Å². The Morgan fingerprint density at radius 3 is 2.68 bits per heavy atom. The maximum absolute atomic E-state index is 12.2. The minimum atomic E-state index is -0.399. The van der Waals surface area contributed by atoms with E-state index in [0.717, 1.165) is 17.1 Å². The Balaban J connectivity index is 1.85. The highest BCUT2D eigenvalue weighted by molar-refractivity contribution is 7.98. The summed E-state index contributed by atoms with van der Waals surface area (Å²) in [6, 6.07) is 15.4. The summed E-state index contributed by atoms with van der Waals surface area (Å²) in [6.45, 7) is 0. The quantitative estimate of drug-likeness (QED) is 0.395. The van der Waals surface area contributed by atoms with Crippen molar-refractivity contribution in [2.45, 2.75) is 4.90 Å². The van der Waals surface area contributed by atoms with Crippen LogP contribution in [-0.2, 0) is 4.74 Å². The van der Waals surface area contributed by atoms with Crippen LogP contribution in [0.3, 0.4) is 0 Å². The summed E-state index contributed by atoms with van der Waals surface area (Å²) in [4.78, 5) is 22.2. The molecule has 0 atom stereocenters. The lowest BCUT2D eigenvalue weighted by atomic mass is 10.1. The predicted octanol–water partition coefficient (Wildman–Crippen LogP) is 4.65. The molecule has 2 heterocycles. The third-order valence-corrected chi connectivity index (χ3v) is 5.12. The zero-order valence-electron chi connectivity index (χ0n) is 15.4. The van der Waals surface area contributed by atoms with Gasteiger partial charge in [0.15, 0.2) is 5.65 Å². The van der Waals surface area contributed by atoms with Gasteiger partial charge in [0.05, 0.1) is 24.6 Å². The Kier molecular flexibility index (Phi) is 4.99. The first-order valence-electron chi connectivity index (χ1n) is 8.62. The van der Waals surface area contributed by atoms with E-state index in [4.69, 9.17) is 9.72 Å². The van der Waals surface area contributed by atoms with Crippen LogP contribution in [0, 0.1) is 0 Å². The smallest absolute Gasteiger partial charge is 0.339 e. The summed E-state index contributed by atoms with van der Waals surface area (Å²) < 4.78 is 6.83. The Morgan fingerprint density at radius 1 is 1.14 bits per heavy atom. The molecule has 0 aliphatic rings. The molecule has 0 amide bonds. The maximum atomic E-state index is 12.2. The van der Waals surface area contributed by atoms with Crippen molar-refractivity contribution in [3.63, 3.8) is 0 Å². The number of thioether (sulfide) groups is 1. The number of rotatable bonds is 5. The number of fused-ring (bicyclic) bond motifs is 1. The van der Waals surface area contributed by atoms with E-state index in [0.29, 0.717) is 16.9 Å². The number of carbonyl (C=O) groups excluding carboxylic acids is 1. The van der Waals surface area contributed by atoms with Crippen molar-refractivity contribution >= 4 is 34.9 Å². The van der Waals surface area contributed by atoms with E-state index in [2.05, 4.69) is 22.4 Å². The molecule has 0 bridgehead atoms. The van der Waals surface area contributed by atoms with E-state index >= 15 is 0 Å². The second-order valence-electron chi connectivity index (χ2n) is 6.00. The molecule has 0 saturated carbocycles. The number of hydrogen-bond donors (Lipinski definition) is 1. The van der Waals surface area contributed by atoms with Crippen LogP contribution in [0.5, 0.6) is 0 Å². The number of anilines is 2. The van der Waals surface area contributed by atoms with Crippen molar-refractivity contribution in [3.05, 3.63) is 72.7 Å². The first-order chi connectivity index (χ1) is 13.7. The zero-order valence-corrected chi connectivity index (χ0v) is 16.2. The van der Waals surface area contributed by atoms with Crippen molar-refractivity contribution in [1.29, 1.82) is 0 Å². The Hall–Kier alpha value is -3.32. The van der Waals surface area contributed by atoms with E-state index < -0.39 is 5.97 Å². The van der Waals surface area contributed by atoms with Gasteiger partial charge in [0, 0.05) is 22.9 Å². The van der Waals surface area contributed by atoms with Crippen molar-refractivity contribution in [1.82, 2.24) is 14.4 Å². The van der Waals surface area contributed by atoms with Gasteiger partial charge in [-0.15, -0.1) is 11.8 Å². The van der Waals surface area contributed by atoms with Gasteiger partial charge in [0.25, 0.3) is 0 Å². The molecule has 2 aromatic carbocycles. The number of benzene rings is 2. The lowest BCUT2D eigenvalue weighted by Crippen LogP contribution is -2.06. The number of methoxy groups -OCH3 is 1. The standard InChI is InChI=1S/C21H18N4O2S/c1-27-21(26)16-5-3-4-6-17(16)23-20-19(14-7-9-15(28-2)10-8-14)24-18-13-22-11-12-25(18)20/h3-13,23H,1-2H3. The highest BCUT2D eigenvalue weighted by Gasteiger charge is 2.18. The van der Waals surface area contributed by atoms with Gasteiger partial charge in [-0.2, -0.15) is 0 Å². The number of carbonyl (C=O) groups is 1. The van der Waals surface area contributed by atoms with E-state index in [9.17, 15) is 4.79 Å². The van der Waals surface area contributed by atoms with E-state index in [-0.39, 0.29) is 0 Å². The normalized spacial score (nSPS) is 10.8. The summed E-state index contributed by atoms with van der Waals surface area (Å²) in [5.74, 6) is 0.357. The van der Waals surface area contributed by atoms with Crippen LogP contribution in [0.4, 0.5) is 11.5 Å². The van der Waals surface area contributed by atoms with Gasteiger partial charge in [0.1, 0.15) is 11.5 Å². The average molecular weight is 390 g/mol. The lowest BCUT2D eigenvalue weighted by Gasteiger charge is -2.12. The maximum Gasteiger partial charge on any atom is 0.339 e. The van der Waals surface area contributed by atoms with E-state index in [1.165, 1.54) is 12.0 Å². The topological polar surface area (TPSA) is 68.5 Å². The van der Waals surface area contributed by atoms with Crippen LogP contribution in [0.15, 0.2) is 72.0 Å². The van der Waals surface area contributed by atoms with Gasteiger partial charge in [0.2, 0.25) is 0 Å². The van der Waals surface area contributed by atoms with Crippen molar-refractivity contribution < 1.29 is 9.53 Å². The first-order valence-corrected chi connectivity index (χ1v) is 9.84. The fraction of sp³-hybridized carbons (Fsp3) is 0.0952. The molecule has 0 spiro atoms. The zero-order chi connectivity index (χ0) is 19.5. The molecule has 0 saturated heterocycles. The molecule has 6 nitrogen and oxygen atoms in total. The Bertz CT molecular complexity index is 1140. The summed E-state index contributed by atoms with van der Waals surface area (Å²) in [7, 11) is 1.37. The molecule has 0 fully saturated rings. The van der Waals surface area contributed by atoms with E-state index in [1.807, 2.05) is 41.1 Å². The monoisotopic (exact) mass is 390 g/mol. The van der Waals surface area contributed by atoms with Crippen LogP contribution in [0.1, 0.15) is 10.4 Å².